The second-order valence-electron chi connectivity index (χ2n) is 4.31. The van der Waals surface area contributed by atoms with Crippen molar-refractivity contribution in [1.29, 1.82) is 0 Å². The van der Waals surface area contributed by atoms with Gasteiger partial charge in [0.05, 0.1) is 6.61 Å². The summed E-state index contributed by atoms with van der Waals surface area (Å²) < 4.78 is 5.62. The zero-order chi connectivity index (χ0) is 11.6. The molecule has 0 fully saturated rings. The van der Waals surface area contributed by atoms with Crippen molar-refractivity contribution in [2.75, 3.05) is 6.61 Å². The van der Waals surface area contributed by atoms with Crippen LogP contribution in [0.5, 0.6) is 5.75 Å². The predicted octanol–water partition coefficient (Wildman–Crippen LogP) is 4.60. The number of hydrogen-bond donors (Lipinski definition) is 0. The number of benzene rings is 1. The minimum atomic E-state index is 0.819. The van der Waals surface area contributed by atoms with Gasteiger partial charge in [-0.3, -0.25) is 0 Å². The van der Waals surface area contributed by atoms with Gasteiger partial charge in [0, 0.05) is 0 Å². The minimum absolute atomic E-state index is 0.819. The molecule has 1 rings (SSSR count). The number of unbranched alkanes of at least 4 members (excludes halogenated alkanes) is 3. The van der Waals surface area contributed by atoms with Crippen LogP contribution in [-0.2, 0) is 6.42 Å². The quantitative estimate of drug-likeness (QED) is 0.582. The molecule has 0 unspecified atom stereocenters. The summed E-state index contributed by atoms with van der Waals surface area (Å²) in [5.41, 5.74) is 1.41. The molecule has 1 heteroatoms. The molecule has 0 aromatic heterocycles. The molecule has 0 amide bonds. The Morgan fingerprint density at radius 2 is 1.88 bits per heavy atom. The van der Waals surface area contributed by atoms with Crippen molar-refractivity contribution in [2.24, 2.45) is 0 Å². The van der Waals surface area contributed by atoms with Crippen molar-refractivity contribution in [3.8, 4) is 5.75 Å². The summed E-state index contributed by atoms with van der Waals surface area (Å²) in [4.78, 5) is 0. The van der Waals surface area contributed by atoms with Crippen molar-refractivity contribution < 1.29 is 4.74 Å². The van der Waals surface area contributed by atoms with E-state index in [1.165, 1.54) is 37.7 Å². The maximum atomic E-state index is 5.62. The third-order valence-electron chi connectivity index (χ3n) is 2.69. The molecule has 0 aliphatic heterocycles. The third-order valence-corrected chi connectivity index (χ3v) is 2.69. The van der Waals surface area contributed by atoms with E-state index in [0.29, 0.717) is 0 Å². The first-order valence-corrected chi connectivity index (χ1v) is 6.58. The summed E-state index contributed by atoms with van der Waals surface area (Å²) in [7, 11) is 0. The maximum Gasteiger partial charge on any atom is 0.119 e. The fourth-order valence-electron chi connectivity index (χ4n) is 1.77. The number of hydrogen-bond acceptors (Lipinski definition) is 1. The molecule has 0 heterocycles. The Morgan fingerprint density at radius 1 is 1.00 bits per heavy atom. The van der Waals surface area contributed by atoms with Crippen LogP contribution < -0.4 is 4.74 Å². The Bertz CT molecular complexity index is 281. The van der Waals surface area contributed by atoms with Crippen molar-refractivity contribution >= 4 is 0 Å². The lowest BCUT2D eigenvalue weighted by Gasteiger charge is -2.06. The third kappa shape index (κ3) is 5.20. The molecule has 0 aliphatic carbocycles. The molecule has 16 heavy (non-hydrogen) atoms. The molecule has 0 spiro atoms. The normalized spacial score (nSPS) is 10.4. The van der Waals surface area contributed by atoms with Crippen LogP contribution in [0.3, 0.4) is 0 Å². The molecule has 0 bridgehead atoms. The minimum Gasteiger partial charge on any atom is -0.494 e. The largest absolute Gasteiger partial charge is 0.494 e. The summed E-state index contributed by atoms with van der Waals surface area (Å²) in [6.45, 7) is 5.20. The molecular formula is C15H24O. The second-order valence-corrected chi connectivity index (χ2v) is 4.31. The van der Waals surface area contributed by atoms with Gasteiger partial charge in [-0.2, -0.15) is 0 Å². The molecule has 0 atom stereocenters. The first-order valence-electron chi connectivity index (χ1n) is 6.58. The van der Waals surface area contributed by atoms with E-state index in [0.717, 1.165) is 18.8 Å². The van der Waals surface area contributed by atoms with E-state index in [-0.39, 0.29) is 0 Å². The highest BCUT2D eigenvalue weighted by Crippen LogP contribution is 2.16. The smallest absolute Gasteiger partial charge is 0.119 e. The molecule has 0 N–H and O–H groups in total. The van der Waals surface area contributed by atoms with Gasteiger partial charge in [-0.25, -0.2) is 0 Å². The topological polar surface area (TPSA) is 9.23 Å². The van der Waals surface area contributed by atoms with Crippen molar-refractivity contribution in [1.82, 2.24) is 0 Å². The Labute approximate surface area is 99.8 Å². The molecule has 0 saturated carbocycles. The molecule has 90 valence electrons. The van der Waals surface area contributed by atoms with Crippen LogP contribution in [-0.4, -0.2) is 6.61 Å². The predicted molar refractivity (Wildman–Crippen MR) is 70.1 cm³/mol. The number of ether oxygens (including phenoxy) is 1. The highest BCUT2D eigenvalue weighted by molar-refractivity contribution is 5.28. The zero-order valence-corrected chi connectivity index (χ0v) is 10.7. The number of rotatable bonds is 8. The van der Waals surface area contributed by atoms with Gasteiger partial charge in [0.25, 0.3) is 0 Å². The van der Waals surface area contributed by atoms with Crippen LogP contribution in [0, 0.1) is 0 Å². The molecular weight excluding hydrogens is 196 g/mol. The van der Waals surface area contributed by atoms with Crippen molar-refractivity contribution in [3.05, 3.63) is 29.8 Å². The average molecular weight is 220 g/mol. The lowest BCUT2D eigenvalue weighted by molar-refractivity contribution is 0.317. The summed E-state index contributed by atoms with van der Waals surface area (Å²) >= 11 is 0. The molecule has 0 aliphatic rings. The summed E-state index contributed by atoms with van der Waals surface area (Å²) in [6, 6.07) is 8.53. The Hall–Kier alpha value is -0.980. The Balaban J connectivity index is 2.35. The molecule has 1 aromatic rings. The standard InChI is InChI=1S/C15H24O/c1-3-5-6-7-9-14-10-8-11-15(13-14)16-12-4-2/h8,10-11,13H,3-7,9,12H2,1-2H3. The highest BCUT2D eigenvalue weighted by Gasteiger charge is 1.97. The molecule has 0 radical (unpaired) electrons. The summed E-state index contributed by atoms with van der Waals surface area (Å²) in [5.74, 6) is 1.02. The van der Waals surface area contributed by atoms with Crippen LogP contribution in [0.25, 0.3) is 0 Å². The first kappa shape index (κ1) is 13.1. The highest BCUT2D eigenvalue weighted by atomic mass is 16.5. The van der Waals surface area contributed by atoms with E-state index in [2.05, 4.69) is 32.0 Å². The Morgan fingerprint density at radius 3 is 2.62 bits per heavy atom. The first-order chi connectivity index (χ1) is 7.86. The number of aryl methyl sites for hydroxylation is 1. The monoisotopic (exact) mass is 220 g/mol. The molecule has 0 saturated heterocycles. The van der Waals surface area contributed by atoms with E-state index < -0.39 is 0 Å². The van der Waals surface area contributed by atoms with E-state index in [1.54, 1.807) is 0 Å². The van der Waals surface area contributed by atoms with Gasteiger partial charge in [-0.15, -0.1) is 0 Å². The van der Waals surface area contributed by atoms with Crippen LogP contribution in [0.15, 0.2) is 24.3 Å². The van der Waals surface area contributed by atoms with Gasteiger partial charge in [0.2, 0.25) is 0 Å². The van der Waals surface area contributed by atoms with Crippen LogP contribution >= 0.6 is 0 Å². The lowest BCUT2D eigenvalue weighted by atomic mass is 10.1. The van der Waals surface area contributed by atoms with Crippen LogP contribution in [0.4, 0.5) is 0 Å². The van der Waals surface area contributed by atoms with Crippen molar-refractivity contribution in [2.45, 2.75) is 52.4 Å². The van der Waals surface area contributed by atoms with Crippen LogP contribution in [0.2, 0.25) is 0 Å². The summed E-state index contributed by atoms with van der Waals surface area (Å²) in [6.07, 6.45) is 7.55. The van der Waals surface area contributed by atoms with E-state index in [4.69, 9.17) is 4.74 Å². The maximum absolute atomic E-state index is 5.62. The van der Waals surface area contributed by atoms with Crippen LogP contribution in [0.1, 0.15) is 51.5 Å². The van der Waals surface area contributed by atoms with Crippen molar-refractivity contribution in [3.63, 3.8) is 0 Å². The average Bonchev–Trinajstić information content (AvgIpc) is 2.33. The summed E-state index contributed by atoms with van der Waals surface area (Å²) in [5, 5.41) is 0. The fraction of sp³-hybridized carbons (Fsp3) is 0.600. The van der Waals surface area contributed by atoms with Gasteiger partial charge >= 0.3 is 0 Å². The lowest BCUT2D eigenvalue weighted by Crippen LogP contribution is -1.95. The zero-order valence-electron chi connectivity index (χ0n) is 10.7. The van der Waals surface area contributed by atoms with Gasteiger partial charge in [-0.05, 0) is 37.0 Å². The molecule has 1 nitrogen and oxygen atoms in total. The Kier molecular flexibility index (Phi) is 6.71. The fourth-order valence-corrected chi connectivity index (χ4v) is 1.77. The van der Waals surface area contributed by atoms with Gasteiger partial charge in [0.1, 0.15) is 5.75 Å². The SMILES string of the molecule is CCCCCCc1cccc(OCCC)c1. The van der Waals surface area contributed by atoms with Gasteiger partial charge in [0.15, 0.2) is 0 Å². The van der Waals surface area contributed by atoms with E-state index >= 15 is 0 Å². The molecule has 1 aromatic carbocycles. The van der Waals surface area contributed by atoms with Gasteiger partial charge < -0.3 is 4.74 Å². The second kappa shape index (κ2) is 8.20. The van der Waals surface area contributed by atoms with Gasteiger partial charge in [-0.1, -0.05) is 45.2 Å². The van der Waals surface area contributed by atoms with E-state index in [1.807, 2.05) is 6.07 Å². The van der Waals surface area contributed by atoms with E-state index in [9.17, 15) is 0 Å².